The molecule has 2 atom stereocenters. The van der Waals surface area contributed by atoms with E-state index in [4.69, 9.17) is 5.73 Å². The maximum Gasteiger partial charge on any atom is 0.231 e. The Kier molecular flexibility index (Phi) is 4.43. The summed E-state index contributed by atoms with van der Waals surface area (Å²) in [5.41, 5.74) is 8.03. The van der Waals surface area contributed by atoms with E-state index in [2.05, 4.69) is 5.32 Å². The van der Waals surface area contributed by atoms with Gasteiger partial charge in [0.05, 0.1) is 6.42 Å². The van der Waals surface area contributed by atoms with Crippen LogP contribution in [-0.2, 0) is 16.0 Å². The fourth-order valence-electron chi connectivity index (χ4n) is 3.50. The molecule has 118 valence electrons. The van der Waals surface area contributed by atoms with Crippen LogP contribution in [0.3, 0.4) is 0 Å². The SMILES string of the molecule is N[C@@H]1CCC[C@H]1CC(=O)NCCN1C(=O)Cc2ccccc21. The lowest BCUT2D eigenvalue weighted by Crippen LogP contribution is -2.38. The van der Waals surface area contributed by atoms with Crippen LogP contribution in [-0.4, -0.2) is 30.9 Å². The molecule has 3 rings (SSSR count). The molecule has 3 N–H and O–H groups in total. The number of anilines is 1. The van der Waals surface area contributed by atoms with Crippen LogP contribution in [0.15, 0.2) is 24.3 Å². The number of carbonyl (C=O) groups is 2. The Labute approximate surface area is 130 Å². The predicted molar refractivity (Wildman–Crippen MR) is 85.4 cm³/mol. The molecule has 0 bridgehead atoms. The molecule has 5 nitrogen and oxygen atoms in total. The molecule has 1 aromatic rings. The average Bonchev–Trinajstić information content (AvgIpc) is 3.03. The van der Waals surface area contributed by atoms with E-state index >= 15 is 0 Å². The second kappa shape index (κ2) is 6.48. The van der Waals surface area contributed by atoms with Crippen LogP contribution in [0, 0.1) is 5.92 Å². The number of carbonyl (C=O) groups excluding carboxylic acids is 2. The Bertz CT molecular complexity index is 573. The summed E-state index contributed by atoms with van der Waals surface area (Å²) in [7, 11) is 0. The first-order valence-electron chi connectivity index (χ1n) is 8.05. The Hall–Kier alpha value is -1.88. The van der Waals surface area contributed by atoms with Crippen molar-refractivity contribution >= 4 is 17.5 Å². The standard InChI is InChI=1S/C17H23N3O2/c18-14-6-3-5-12(14)10-16(21)19-8-9-20-15-7-2-1-4-13(15)11-17(20)22/h1-2,4,7,12,14H,3,5-6,8-11,18H2,(H,19,21)/t12-,14+/m0/s1. The van der Waals surface area contributed by atoms with Crippen molar-refractivity contribution in [3.05, 3.63) is 29.8 Å². The number of hydrogen-bond donors (Lipinski definition) is 2. The largest absolute Gasteiger partial charge is 0.354 e. The maximum atomic E-state index is 12.0. The molecule has 2 aliphatic rings. The second-order valence-electron chi connectivity index (χ2n) is 6.26. The third-order valence-electron chi connectivity index (χ3n) is 4.75. The molecule has 1 aliphatic carbocycles. The fraction of sp³-hybridized carbons (Fsp3) is 0.529. The third-order valence-corrected chi connectivity index (χ3v) is 4.75. The van der Waals surface area contributed by atoms with Crippen LogP contribution in [0.25, 0.3) is 0 Å². The highest BCUT2D eigenvalue weighted by molar-refractivity contribution is 6.01. The topological polar surface area (TPSA) is 75.4 Å². The summed E-state index contributed by atoms with van der Waals surface area (Å²) in [6.07, 6.45) is 4.16. The van der Waals surface area contributed by atoms with E-state index in [-0.39, 0.29) is 17.9 Å². The van der Waals surface area contributed by atoms with Crippen molar-refractivity contribution in [3.63, 3.8) is 0 Å². The van der Waals surface area contributed by atoms with Gasteiger partial charge in [-0.2, -0.15) is 0 Å². The minimum Gasteiger partial charge on any atom is -0.354 e. The van der Waals surface area contributed by atoms with Crippen LogP contribution in [0.4, 0.5) is 5.69 Å². The minimum absolute atomic E-state index is 0.0438. The zero-order chi connectivity index (χ0) is 15.5. The number of para-hydroxylation sites is 1. The summed E-state index contributed by atoms with van der Waals surface area (Å²) in [5, 5.41) is 2.92. The highest BCUT2D eigenvalue weighted by atomic mass is 16.2. The third kappa shape index (κ3) is 3.14. The van der Waals surface area contributed by atoms with E-state index in [1.807, 2.05) is 24.3 Å². The van der Waals surface area contributed by atoms with Crippen LogP contribution >= 0.6 is 0 Å². The number of benzene rings is 1. The van der Waals surface area contributed by atoms with E-state index in [1.165, 1.54) is 0 Å². The number of nitrogens with two attached hydrogens (primary N) is 1. The van der Waals surface area contributed by atoms with Gasteiger partial charge in [0, 0.05) is 31.2 Å². The normalized spacial score (nSPS) is 23.7. The van der Waals surface area contributed by atoms with Crippen molar-refractivity contribution in [2.75, 3.05) is 18.0 Å². The average molecular weight is 301 g/mol. The van der Waals surface area contributed by atoms with Crippen LogP contribution in [0.5, 0.6) is 0 Å². The summed E-state index contributed by atoms with van der Waals surface area (Å²) < 4.78 is 0. The highest BCUT2D eigenvalue weighted by Crippen LogP contribution is 2.28. The van der Waals surface area contributed by atoms with E-state index in [1.54, 1.807) is 4.90 Å². The van der Waals surface area contributed by atoms with Crippen molar-refractivity contribution in [1.82, 2.24) is 5.32 Å². The summed E-state index contributed by atoms with van der Waals surface area (Å²) >= 11 is 0. The highest BCUT2D eigenvalue weighted by Gasteiger charge is 2.27. The molecular formula is C17H23N3O2. The number of amides is 2. The van der Waals surface area contributed by atoms with E-state index < -0.39 is 0 Å². The number of hydrogen-bond acceptors (Lipinski definition) is 3. The van der Waals surface area contributed by atoms with E-state index in [0.29, 0.717) is 31.8 Å². The lowest BCUT2D eigenvalue weighted by Gasteiger charge is -2.19. The van der Waals surface area contributed by atoms with Gasteiger partial charge < -0.3 is 16.0 Å². The minimum atomic E-state index is 0.0438. The van der Waals surface area contributed by atoms with Gasteiger partial charge in [0.2, 0.25) is 11.8 Å². The van der Waals surface area contributed by atoms with Gasteiger partial charge in [-0.3, -0.25) is 9.59 Å². The van der Waals surface area contributed by atoms with Crippen molar-refractivity contribution in [3.8, 4) is 0 Å². The first-order chi connectivity index (χ1) is 10.6. The van der Waals surface area contributed by atoms with Gasteiger partial charge in [-0.25, -0.2) is 0 Å². The van der Waals surface area contributed by atoms with Gasteiger partial charge in [-0.05, 0) is 30.4 Å². The Morgan fingerprint density at radius 3 is 2.91 bits per heavy atom. The molecule has 1 aliphatic heterocycles. The number of nitrogens with zero attached hydrogens (tertiary/aromatic N) is 1. The van der Waals surface area contributed by atoms with Gasteiger partial charge in [-0.1, -0.05) is 24.6 Å². The molecule has 1 saturated carbocycles. The monoisotopic (exact) mass is 301 g/mol. The Morgan fingerprint density at radius 2 is 2.14 bits per heavy atom. The number of nitrogens with one attached hydrogen (secondary N) is 1. The molecule has 2 amide bonds. The van der Waals surface area contributed by atoms with E-state index in [0.717, 1.165) is 30.5 Å². The zero-order valence-corrected chi connectivity index (χ0v) is 12.8. The van der Waals surface area contributed by atoms with Gasteiger partial charge in [0.1, 0.15) is 0 Å². The molecule has 1 heterocycles. The second-order valence-corrected chi connectivity index (χ2v) is 6.26. The first kappa shape index (κ1) is 15.0. The molecular weight excluding hydrogens is 278 g/mol. The van der Waals surface area contributed by atoms with Crippen molar-refractivity contribution in [2.45, 2.75) is 38.1 Å². The summed E-state index contributed by atoms with van der Waals surface area (Å²) in [6, 6.07) is 7.98. The molecule has 0 unspecified atom stereocenters. The molecule has 0 radical (unpaired) electrons. The maximum absolute atomic E-state index is 12.0. The molecule has 22 heavy (non-hydrogen) atoms. The zero-order valence-electron chi connectivity index (χ0n) is 12.8. The van der Waals surface area contributed by atoms with Crippen molar-refractivity contribution < 1.29 is 9.59 Å². The first-order valence-corrected chi connectivity index (χ1v) is 8.05. The van der Waals surface area contributed by atoms with Crippen molar-refractivity contribution in [1.29, 1.82) is 0 Å². The summed E-state index contributed by atoms with van der Waals surface area (Å²) in [4.78, 5) is 25.8. The molecule has 0 aromatic heterocycles. The quantitative estimate of drug-likeness (QED) is 0.858. The molecule has 0 spiro atoms. The molecule has 5 heteroatoms. The lowest BCUT2D eigenvalue weighted by molar-refractivity contribution is -0.122. The van der Waals surface area contributed by atoms with E-state index in [9.17, 15) is 9.59 Å². The number of rotatable bonds is 5. The number of fused-ring (bicyclic) bond motifs is 1. The fourth-order valence-corrected chi connectivity index (χ4v) is 3.50. The van der Waals surface area contributed by atoms with Crippen LogP contribution in [0.1, 0.15) is 31.2 Å². The smallest absolute Gasteiger partial charge is 0.231 e. The van der Waals surface area contributed by atoms with Crippen LogP contribution < -0.4 is 16.0 Å². The Balaban J connectivity index is 1.47. The van der Waals surface area contributed by atoms with Gasteiger partial charge >= 0.3 is 0 Å². The molecule has 1 aromatic carbocycles. The molecule has 1 fully saturated rings. The van der Waals surface area contributed by atoms with Crippen LogP contribution in [0.2, 0.25) is 0 Å². The summed E-state index contributed by atoms with van der Waals surface area (Å²) in [5.74, 6) is 0.463. The lowest BCUT2D eigenvalue weighted by atomic mass is 10.00. The van der Waals surface area contributed by atoms with Gasteiger partial charge in [0.25, 0.3) is 0 Å². The summed E-state index contributed by atoms with van der Waals surface area (Å²) in [6.45, 7) is 1.01. The Morgan fingerprint density at radius 1 is 1.32 bits per heavy atom. The molecule has 0 saturated heterocycles. The predicted octanol–water partition coefficient (Wildman–Crippen LogP) is 1.21. The van der Waals surface area contributed by atoms with Crippen molar-refractivity contribution in [2.24, 2.45) is 11.7 Å². The van der Waals surface area contributed by atoms with Gasteiger partial charge in [-0.15, -0.1) is 0 Å². The van der Waals surface area contributed by atoms with Gasteiger partial charge in [0.15, 0.2) is 0 Å².